The van der Waals surface area contributed by atoms with Crippen LogP contribution in [0.15, 0.2) is 18.2 Å². The molecule has 3 N–H and O–H groups in total. The third-order valence-corrected chi connectivity index (χ3v) is 3.53. The molecule has 1 heterocycles. The normalized spacial score (nSPS) is 15.6. The van der Waals surface area contributed by atoms with E-state index in [0.29, 0.717) is 6.54 Å². The molecular weight excluding hydrogens is 238 g/mol. The summed E-state index contributed by atoms with van der Waals surface area (Å²) in [6, 6.07) is 5.83. The highest BCUT2D eigenvalue weighted by Crippen LogP contribution is 2.22. The molecule has 1 rings (SSSR count). The van der Waals surface area contributed by atoms with E-state index in [-0.39, 0.29) is 24.1 Å². The number of nitrogens with zero attached hydrogens (tertiary/aromatic N) is 2. The van der Waals surface area contributed by atoms with Gasteiger partial charge in [-0.1, -0.05) is 26.8 Å². The highest BCUT2D eigenvalue weighted by atomic mass is 16.3. The summed E-state index contributed by atoms with van der Waals surface area (Å²) >= 11 is 0. The van der Waals surface area contributed by atoms with Gasteiger partial charge in [0.25, 0.3) is 0 Å². The third-order valence-electron chi connectivity index (χ3n) is 3.53. The minimum Gasteiger partial charge on any atom is -0.395 e. The molecule has 0 aliphatic carbocycles. The molecule has 0 fully saturated rings. The first-order valence-electron chi connectivity index (χ1n) is 6.75. The number of aliphatic hydroxyl groups excluding tert-OH is 1. The van der Waals surface area contributed by atoms with Crippen molar-refractivity contribution in [2.24, 2.45) is 11.1 Å². The molecule has 2 unspecified atom stereocenters. The molecule has 0 aliphatic rings. The molecule has 0 radical (unpaired) electrons. The van der Waals surface area contributed by atoms with Crippen molar-refractivity contribution in [1.29, 1.82) is 0 Å². The van der Waals surface area contributed by atoms with Crippen molar-refractivity contribution < 1.29 is 5.11 Å². The van der Waals surface area contributed by atoms with Gasteiger partial charge in [-0.3, -0.25) is 9.88 Å². The first-order valence-corrected chi connectivity index (χ1v) is 6.75. The van der Waals surface area contributed by atoms with Gasteiger partial charge >= 0.3 is 0 Å². The summed E-state index contributed by atoms with van der Waals surface area (Å²) < 4.78 is 0. The summed E-state index contributed by atoms with van der Waals surface area (Å²) in [5.41, 5.74) is 8.24. The molecule has 0 aromatic carbocycles. The van der Waals surface area contributed by atoms with E-state index in [4.69, 9.17) is 5.73 Å². The van der Waals surface area contributed by atoms with Gasteiger partial charge in [0.1, 0.15) is 0 Å². The lowest BCUT2D eigenvalue weighted by molar-refractivity contribution is 0.0835. The number of hydrogen-bond donors (Lipinski definition) is 2. The number of aromatic nitrogens is 1. The number of hydrogen-bond acceptors (Lipinski definition) is 4. The fourth-order valence-corrected chi connectivity index (χ4v) is 2.16. The van der Waals surface area contributed by atoms with E-state index >= 15 is 0 Å². The number of aliphatic hydroxyl groups is 1. The maximum atomic E-state index is 9.62. The Morgan fingerprint density at radius 3 is 2.47 bits per heavy atom. The predicted octanol–water partition coefficient (Wildman–Crippen LogP) is 1.56. The molecule has 1 aromatic rings. The monoisotopic (exact) mass is 265 g/mol. The third kappa shape index (κ3) is 4.56. The van der Waals surface area contributed by atoms with Gasteiger partial charge in [0.05, 0.1) is 12.3 Å². The Kier molecular flexibility index (Phi) is 5.47. The molecular formula is C15H27N3O. The van der Waals surface area contributed by atoms with Gasteiger partial charge in [-0.2, -0.15) is 0 Å². The molecule has 0 aliphatic heterocycles. The Hall–Kier alpha value is -0.970. The molecule has 0 saturated carbocycles. The van der Waals surface area contributed by atoms with Crippen LogP contribution in [0.1, 0.15) is 32.2 Å². The van der Waals surface area contributed by atoms with Crippen LogP contribution in [0.3, 0.4) is 0 Å². The Morgan fingerprint density at radius 1 is 1.37 bits per heavy atom. The van der Waals surface area contributed by atoms with E-state index in [0.717, 1.165) is 11.4 Å². The van der Waals surface area contributed by atoms with Crippen LogP contribution in [-0.2, 0) is 6.54 Å². The summed E-state index contributed by atoms with van der Waals surface area (Å²) in [4.78, 5) is 6.57. The van der Waals surface area contributed by atoms with E-state index in [1.807, 2.05) is 32.2 Å². The average Bonchev–Trinajstić information content (AvgIpc) is 2.28. The second-order valence-corrected chi connectivity index (χ2v) is 6.33. The SMILES string of the molecule is Cc1cccc(CN(C)C(CO)C(N)C(C)(C)C)n1. The van der Waals surface area contributed by atoms with E-state index in [1.165, 1.54) is 0 Å². The molecule has 0 amide bonds. The second kappa shape index (κ2) is 6.46. The standard InChI is InChI=1S/C15H27N3O/c1-11-7-6-8-12(17-11)9-18(5)13(10-19)14(16)15(2,3)4/h6-8,13-14,19H,9-10,16H2,1-5H3. The Morgan fingerprint density at radius 2 is 2.00 bits per heavy atom. The van der Waals surface area contributed by atoms with Crippen molar-refractivity contribution in [3.8, 4) is 0 Å². The maximum Gasteiger partial charge on any atom is 0.0602 e. The topological polar surface area (TPSA) is 62.4 Å². The van der Waals surface area contributed by atoms with Gasteiger partial charge in [0, 0.05) is 24.3 Å². The highest BCUT2D eigenvalue weighted by Gasteiger charge is 2.31. The lowest BCUT2D eigenvalue weighted by Gasteiger charge is -2.38. The van der Waals surface area contributed by atoms with Gasteiger partial charge in [-0.05, 0) is 31.5 Å². The van der Waals surface area contributed by atoms with Crippen LogP contribution in [0.4, 0.5) is 0 Å². The van der Waals surface area contributed by atoms with Gasteiger partial charge in [0.2, 0.25) is 0 Å². The van der Waals surface area contributed by atoms with Crippen LogP contribution >= 0.6 is 0 Å². The molecule has 2 atom stereocenters. The number of pyridine rings is 1. The lowest BCUT2D eigenvalue weighted by atomic mass is 9.82. The van der Waals surface area contributed by atoms with Crippen molar-refractivity contribution >= 4 is 0 Å². The fraction of sp³-hybridized carbons (Fsp3) is 0.667. The molecule has 19 heavy (non-hydrogen) atoms. The molecule has 4 heteroatoms. The highest BCUT2D eigenvalue weighted by molar-refractivity contribution is 5.10. The molecule has 0 spiro atoms. The molecule has 1 aromatic heterocycles. The smallest absolute Gasteiger partial charge is 0.0602 e. The van der Waals surface area contributed by atoms with Crippen molar-refractivity contribution in [1.82, 2.24) is 9.88 Å². The fourth-order valence-electron chi connectivity index (χ4n) is 2.16. The summed E-state index contributed by atoms with van der Waals surface area (Å²) in [6.45, 7) is 9.02. The van der Waals surface area contributed by atoms with E-state index < -0.39 is 0 Å². The quantitative estimate of drug-likeness (QED) is 0.848. The van der Waals surface area contributed by atoms with Crippen molar-refractivity contribution in [2.75, 3.05) is 13.7 Å². The second-order valence-electron chi connectivity index (χ2n) is 6.33. The van der Waals surface area contributed by atoms with Crippen LogP contribution < -0.4 is 5.73 Å². The minimum absolute atomic E-state index is 0.0400. The van der Waals surface area contributed by atoms with Crippen LogP contribution in [0.25, 0.3) is 0 Å². The molecule has 0 bridgehead atoms. The Balaban J connectivity index is 2.77. The largest absolute Gasteiger partial charge is 0.395 e. The van der Waals surface area contributed by atoms with Crippen molar-refractivity contribution in [3.63, 3.8) is 0 Å². The minimum atomic E-state index is -0.0905. The van der Waals surface area contributed by atoms with Gasteiger partial charge in [-0.25, -0.2) is 0 Å². The van der Waals surface area contributed by atoms with Gasteiger partial charge in [0.15, 0.2) is 0 Å². The summed E-state index contributed by atoms with van der Waals surface area (Å²) in [6.07, 6.45) is 0. The van der Waals surface area contributed by atoms with Crippen LogP contribution in [0.2, 0.25) is 0 Å². The molecule has 108 valence electrons. The van der Waals surface area contributed by atoms with Crippen LogP contribution in [0.5, 0.6) is 0 Å². The number of rotatable bonds is 5. The van der Waals surface area contributed by atoms with Crippen LogP contribution in [-0.4, -0.2) is 40.7 Å². The van der Waals surface area contributed by atoms with E-state index in [1.54, 1.807) is 0 Å². The molecule has 0 saturated heterocycles. The first kappa shape index (κ1) is 16.1. The zero-order valence-corrected chi connectivity index (χ0v) is 12.7. The van der Waals surface area contributed by atoms with Crippen molar-refractivity contribution in [2.45, 2.75) is 46.3 Å². The Bertz CT molecular complexity index is 401. The number of nitrogens with two attached hydrogens (primary N) is 1. The maximum absolute atomic E-state index is 9.62. The van der Waals surface area contributed by atoms with E-state index in [2.05, 4.69) is 30.7 Å². The summed E-state index contributed by atoms with van der Waals surface area (Å²) in [7, 11) is 1.98. The average molecular weight is 265 g/mol. The lowest BCUT2D eigenvalue weighted by Crippen LogP contribution is -2.54. The number of aryl methyl sites for hydroxylation is 1. The number of likely N-dealkylation sites (N-methyl/N-ethyl adjacent to an activating group) is 1. The summed E-state index contributed by atoms with van der Waals surface area (Å²) in [5, 5.41) is 9.62. The first-order chi connectivity index (χ1) is 8.75. The van der Waals surface area contributed by atoms with Crippen LogP contribution in [0, 0.1) is 12.3 Å². The molecule has 4 nitrogen and oxygen atoms in total. The summed E-state index contributed by atoms with van der Waals surface area (Å²) in [5.74, 6) is 0. The Labute approximate surface area is 116 Å². The van der Waals surface area contributed by atoms with E-state index in [9.17, 15) is 5.11 Å². The zero-order valence-electron chi connectivity index (χ0n) is 12.7. The van der Waals surface area contributed by atoms with Gasteiger partial charge in [-0.15, -0.1) is 0 Å². The predicted molar refractivity (Wildman–Crippen MR) is 78.7 cm³/mol. The zero-order chi connectivity index (χ0) is 14.6. The van der Waals surface area contributed by atoms with Crippen molar-refractivity contribution in [3.05, 3.63) is 29.6 Å². The van der Waals surface area contributed by atoms with Gasteiger partial charge < -0.3 is 10.8 Å².